The number of hydrogen-bond acceptors (Lipinski definition) is 4. The number of amides is 2. The molecule has 3 heterocycles. The van der Waals surface area contributed by atoms with Crippen molar-refractivity contribution in [3.8, 4) is 5.75 Å². The highest BCUT2D eigenvalue weighted by Crippen LogP contribution is 2.43. The van der Waals surface area contributed by atoms with E-state index in [0.717, 1.165) is 30.5 Å². The van der Waals surface area contributed by atoms with Crippen LogP contribution in [0.3, 0.4) is 0 Å². The summed E-state index contributed by atoms with van der Waals surface area (Å²) in [5.74, 6) is 1.87. The Balaban J connectivity index is 1.30. The van der Waals surface area contributed by atoms with Gasteiger partial charge in [0.15, 0.2) is 0 Å². The molecule has 0 saturated carbocycles. The maximum Gasteiger partial charge on any atom is 0.254 e. The van der Waals surface area contributed by atoms with Gasteiger partial charge >= 0.3 is 0 Å². The average Bonchev–Trinajstić information content (AvgIpc) is 2.90. The minimum Gasteiger partial charge on any atom is -0.495 e. The van der Waals surface area contributed by atoms with Crippen LogP contribution in [0.5, 0.6) is 5.75 Å². The summed E-state index contributed by atoms with van der Waals surface area (Å²) >= 11 is 0. The van der Waals surface area contributed by atoms with Gasteiger partial charge in [-0.2, -0.15) is 0 Å². The highest BCUT2D eigenvalue weighted by Gasteiger charge is 2.49. The molecule has 6 nitrogen and oxygen atoms in total. The van der Waals surface area contributed by atoms with E-state index in [-0.39, 0.29) is 17.9 Å². The first-order valence-corrected chi connectivity index (χ1v) is 13.6. The molecular formula is C30H39N3O3. The Morgan fingerprint density at radius 2 is 1.83 bits per heavy atom. The number of carbonyl (C=O) groups excluding carboxylic acids is 2. The Bertz CT molecular complexity index is 1070. The lowest BCUT2D eigenvalue weighted by molar-refractivity contribution is -0.116. The van der Waals surface area contributed by atoms with Crippen molar-refractivity contribution in [1.82, 2.24) is 9.80 Å². The van der Waals surface area contributed by atoms with E-state index in [0.29, 0.717) is 35.7 Å². The minimum atomic E-state index is -0.00328. The van der Waals surface area contributed by atoms with Crippen molar-refractivity contribution in [2.24, 2.45) is 11.8 Å². The third-order valence-corrected chi connectivity index (χ3v) is 8.49. The van der Waals surface area contributed by atoms with Crippen molar-refractivity contribution in [2.45, 2.75) is 64.0 Å². The summed E-state index contributed by atoms with van der Waals surface area (Å²) in [7, 11) is 1.62. The molecule has 0 unspecified atom stereocenters. The topological polar surface area (TPSA) is 61.9 Å². The molecule has 0 bridgehead atoms. The van der Waals surface area contributed by atoms with E-state index in [1.54, 1.807) is 7.11 Å². The quantitative estimate of drug-likeness (QED) is 0.586. The van der Waals surface area contributed by atoms with Gasteiger partial charge in [-0.05, 0) is 100 Å². The first-order chi connectivity index (χ1) is 17.5. The molecule has 1 N–H and O–H groups in total. The molecule has 36 heavy (non-hydrogen) atoms. The summed E-state index contributed by atoms with van der Waals surface area (Å²) in [5, 5.41) is 3.04. The van der Waals surface area contributed by atoms with Crippen LogP contribution in [0, 0.1) is 18.8 Å². The number of hydrogen-bond donors (Lipinski definition) is 1. The molecule has 5 rings (SSSR count). The Morgan fingerprint density at radius 1 is 1.06 bits per heavy atom. The van der Waals surface area contributed by atoms with Gasteiger partial charge in [-0.1, -0.05) is 24.3 Å². The summed E-state index contributed by atoms with van der Waals surface area (Å²) in [4.78, 5) is 31.4. The van der Waals surface area contributed by atoms with Crippen LogP contribution in [0.1, 0.15) is 60.9 Å². The molecule has 3 aliphatic rings. The van der Waals surface area contributed by atoms with E-state index in [4.69, 9.17) is 4.74 Å². The van der Waals surface area contributed by atoms with Gasteiger partial charge in [0.2, 0.25) is 5.91 Å². The molecule has 3 aliphatic heterocycles. The normalized spacial score (nSPS) is 25.7. The molecule has 4 atom stereocenters. The second kappa shape index (κ2) is 11.0. The molecule has 3 saturated heterocycles. The van der Waals surface area contributed by atoms with Gasteiger partial charge in [-0.15, -0.1) is 0 Å². The van der Waals surface area contributed by atoms with Gasteiger partial charge in [0.25, 0.3) is 5.91 Å². The van der Waals surface area contributed by atoms with Crippen LogP contribution < -0.4 is 10.1 Å². The molecule has 2 aromatic rings. The molecule has 6 heteroatoms. The van der Waals surface area contributed by atoms with Crippen LogP contribution in [0.2, 0.25) is 0 Å². The maximum absolute atomic E-state index is 13.7. The van der Waals surface area contributed by atoms with Crippen LogP contribution >= 0.6 is 0 Å². The lowest BCUT2D eigenvalue weighted by Gasteiger charge is -2.57. The van der Waals surface area contributed by atoms with Crippen LogP contribution in [0.25, 0.3) is 0 Å². The zero-order valence-electron chi connectivity index (χ0n) is 21.6. The fourth-order valence-corrected chi connectivity index (χ4v) is 6.95. The Kier molecular flexibility index (Phi) is 7.61. The summed E-state index contributed by atoms with van der Waals surface area (Å²) in [5.41, 5.74) is 2.56. The maximum atomic E-state index is 13.7. The third kappa shape index (κ3) is 5.15. The van der Waals surface area contributed by atoms with Crippen molar-refractivity contribution >= 4 is 17.5 Å². The molecule has 3 fully saturated rings. The number of methoxy groups -OCH3 is 1. The van der Waals surface area contributed by atoms with Crippen molar-refractivity contribution in [2.75, 3.05) is 32.1 Å². The molecule has 2 amide bonds. The molecule has 192 valence electrons. The van der Waals surface area contributed by atoms with Gasteiger partial charge in [0, 0.05) is 30.6 Å². The fourth-order valence-electron chi connectivity index (χ4n) is 6.95. The van der Waals surface area contributed by atoms with E-state index in [9.17, 15) is 9.59 Å². The number of likely N-dealkylation sites (tertiary alicyclic amines) is 1. The zero-order valence-corrected chi connectivity index (χ0v) is 21.6. The first-order valence-electron chi connectivity index (χ1n) is 13.6. The summed E-state index contributed by atoms with van der Waals surface area (Å²) in [6.45, 7) is 5.22. The van der Waals surface area contributed by atoms with Gasteiger partial charge in [0.1, 0.15) is 5.75 Å². The van der Waals surface area contributed by atoms with E-state index in [2.05, 4.69) is 15.1 Å². The molecule has 0 aromatic heterocycles. The molecule has 0 radical (unpaired) electrons. The highest BCUT2D eigenvalue weighted by molar-refractivity contribution is 5.94. The largest absolute Gasteiger partial charge is 0.495 e. The number of carbonyl (C=O) groups is 2. The Labute approximate surface area is 215 Å². The van der Waals surface area contributed by atoms with Crippen molar-refractivity contribution in [3.05, 3.63) is 59.7 Å². The Hall–Kier alpha value is -2.86. The van der Waals surface area contributed by atoms with Gasteiger partial charge in [-0.25, -0.2) is 0 Å². The van der Waals surface area contributed by atoms with Crippen LogP contribution in [0.15, 0.2) is 48.5 Å². The molecule has 0 aliphatic carbocycles. The van der Waals surface area contributed by atoms with Crippen LogP contribution in [-0.4, -0.2) is 60.4 Å². The van der Waals surface area contributed by atoms with Crippen LogP contribution in [0.4, 0.5) is 5.69 Å². The summed E-state index contributed by atoms with van der Waals surface area (Å²) in [6, 6.07) is 16.3. The lowest BCUT2D eigenvalue weighted by Crippen LogP contribution is -2.65. The average molecular weight is 490 g/mol. The number of ether oxygens (including phenoxy) is 1. The van der Waals surface area contributed by atoms with Crippen LogP contribution in [-0.2, 0) is 4.79 Å². The minimum absolute atomic E-state index is 0.00328. The molecular weight excluding hydrogens is 450 g/mol. The number of benzene rings is 2. The number of nitrogens with zero attached hydrogens (tertiary/aromatic N) is 2. The summed E-state index contributed by atoms with van der Waals surface area (Å²) in [6.07, 6.45) is 6.87. The SMILES string of the molecule is COc1ccc(C)cc1NC(=O)CCC[C@@H]1[C@H]2CCCN3CCC[C@@H](CN1C(=O)c1ccccc1)[C@@H]23. The smallest absolute Gasteiger partial charge is 0.254 e. The second-order valence-corrected chi connectivity index (χ2v) is 10.8. The standard InChI is InChI=1S/C30H39N3O3/c1-21-15-16-27(36-2)25(19-21)31-28(34)14-6-13-26-24-12-8-18-32-17-7-11-23(29(24)32)20-33(26)30(35)22-9-4-3-5-10-22/h3-5,9-10,15-16,19,23-24,26,29H,6-8,11-14,17-18,20H2,1-2H3,(H,31,34)/t23-,24+,26+,29-/m0/s1. The first kappa shape index (κ1) is 24.8. The van der Waals surface area contributed by atoms with Crippen molar-refractivity contribution in [1.29, 1.82) is 0 Å². The number of nitrogens with one attached hydrogen (secondary N) is 1. The zero-order chi connectivity index (χ0) is 25.1. The lowest BCUT2D eigenvalue weighted by atomic mass is 9.69. The van der Waals surface area contributed by atoms with E-state index < -0.39 is 0 Å². The molecule has 2 aromatic carbocycles. The molecule has 0 spiro atoms. The Morgan fingerprint density at radius 3 is 2.61 bits per heavy atom. The van der Waals surface area contributed by atoms with E-state index >= 15 is 0 Å². The number of piperidine rings is 3. The number of anilines is 1. The van der Waals surface area contributed by atoms with Crippen molar-refractivity contribution in [3.63, 3.8) is 0 Å². The second-order valence-electron chi connectivity index (χ2n) is 10.8. The highest BCUT2D eigenvalue weighted by atomic mass is 16.5. The summed E-state index contributed by atoms with van der Waals surface area (Å²) < 4.78 is 5.42. The predicted octanol–water partition coefficient (Wildman–Crippen LogP) is 5.13. The fraction of sp³-hybridized carbons (Fsp3) is 0.533. The van der Waals surface area contributed by atoms with Gasteiger partial charge < -0.3 is 15.0 Å². The van der Waals surface area contributed by atoms with Gasteiger partial charge in [0.05, 0.1) is 12.8 Å². The van der Waals surface area contributed by atoms with E-state index in [1.165, 1.54) is 38.8 Å². The number of aryl methyl sites for hydroxylation is 1. The monoisotopic (exact) mass is 489 g/mol. The number of rotatable bonds is 7. The van der Waals surface area contributed by atoms with E-state index in [1.807, 2.05) is 55.5 Å². The van der Waals surface area contributed by atoms with Gasteiger partial charge in [-0.3, -0.25) is 14.5 Å². The van der Waals surface area contributed by atoms with Crippen molar-refractivity contribution < 1.29 is 14.3 Å². The predicted molar refractivity (Wildman–Crippen MR) is 142 cm³/mol. The third-order valence-electron chi connectivity index (χ3n) is 8.49.